The van der Waals surface area contributed by atoms with Gasteiger partial charge < -0.3 is 0 Å². The Labute approximate surface area is 102 Å². The van der Waals surface area contributed by atoms with Gasteiger partial charge in [0, 0.05) is 11.8 Å². The Kier molecular flexibility index (Phi) is 4.65. The van der Waals surface area contributed by atoms with E-state index in [-0.39, 0.29) is 11.4 Å². The van der Waals surface area contributed by atoms with Crippen LogP contribution in [-0.2, 0) is 0 Å². The van der Waals surface area contributed by atoms with Crippen molar-refractivity contribution in [3.05, 3.63) is 50.6 Å². The largest absolute Gasteiger partial charge is 0.289 e. The molecule has 7 heteroatoms. The zero-order valence-electron chi connectivity index (χ0n) is 9.03. The molecule has 0 aliphatic heterocycles. The molecule has 90 valence electrons. The van der Waals surface area contributed by atoms with Crippen molar-refractivity contribution in [2.45, 2.75) is 11.8 Å². The number of nitro benzene ring substituents is 2. The molecule has 0 N–H and O–H groups in total. The molecule has 1 aromatic rings. The fraction of sp³-hybridized carbons (Fsp3) is 0.200. The Morgan fingerprint density at radius 3 is 2.53 bits per heavy atom. The summed E-state index contributed by atoms with van der Waals surface area (Å²) < 4.78 is 0. The number of nitrogens with zero attached hydrogens (tertiary/aromatic N) is 2. The van der Waals surface area contributed by atoms with Gasteiger partial charge in [-0.15, -0.1) is 11.8 Å². The second-order valence-electron chi connectivity index (χ2n) is 3.05. The molecule has 0 heterocycles. The lowest BCUT2D eigenvalue weighted by atomic mass is 10.3. The standard InChI is InChI=1S/C10H10N2O4S/c1-2-3-6-17-10-5-4-8(11(13)14)7-9(10)12(15)16/h2-5,7H,6H2,1H3/b3-2+. The van der Waals surface area contributed by atoms with Gasteiger partial charge in [-0.3, -0.25) is 20.2 Å². The molecule has 1 aromatic carbocycles. The first-order valence-corrected chi connectivity index (χ1v) is 5.71. The van der Waals surface area contributed by atoms with Crippen LogP contribution < -0.4 is 0 Å². The number of benzene rings is 1. The maximum Gasteiger partial charge on any atom is 0.289 e. The minimum atomic E-state index is -0.645. The van der Waals surface area contributed by atoms with Crippen LogP contribution in [0.4, 0.5) is 11.4 Å². The summed E-state index contributed by atoms with van der Waals surface area (Å²) in [6.45, 7) is 1.85. The Bertz CT molecular complexity index is 473. The highest BCUT2D eigenvalue weighted by Gasteiger charge is 2.19. The summed E-state index contributed by atoms with van der Waals surface area (Å²) in [6, 6.07) is 3.66. The molecule has 6 nitrogen and oxygen atoms in total. The van der Waals surface area contributed by atoms with Crippen molar-refractivity contribution in [3.63, 3.8) is 0 Å². The van der Waals surface area contributed by atoms with E-state index in [9.17, 15) is 20.2 Å². The lowest BCUT2D eigenvalue weighted by Crippen LogP contribution is -1.94. The normalized spacial score (nSPS) is 10.6. The monoisotopic (exact) mass is 254 g/mol. The van der Waals surface area contributed by atoms with Gasteiger partial charge in [0.25, 0.3) is 11.4 Å². The fourth-order valence-corrected chi connectivity index (χ4v) is 2.03. The molecule has 17 heavy (non-hydrogen) atoms. The molecule has 0 radical (unpaired) electrons. The second kappa shape index (κ2) is 6.00. The third-order valence-electron chi connectivity index (χ3n) is 1.92. The van der Waals surface area contributed by atoms with E-state index in [1.54, 1.807) is 0 Å². The summed E-state index contributed by atoms with van der Waals surface area (Å²) in [7, 11) is 0. The van der Waals surface area contributed by atoms with Crippen LogP contribution >= 0.6 is 11.8 Å². The number of rotatable bonds is 5. The Morgan fingerprint density at radius 2 is 2.00 bits per heavy atom. The molecule has 0 unspecified atom stereocenters. The van der Waals surface area contributed by atoms with E-state index in [4.69, 9.17) is 0 Å². The Balaban J connectivity index is 3.04. The van der Waals surface area contributed by atoms with Crippen LogP contribution in [0.3, 0.4) is 0 Å². The molecule has 0 aliphatic rings. The summed E-state index contributed by atoms with van der Waals surface area (Å²) in [5, 5.41) is 21.3. The molecule has 0 saturated carbocycles. The van der Waals surface area contributed by atoms with Crippen LogP contribution in [0.1, 0.15) is 6.92 Å². The summed E-state index contributed by atoms with van der Waals surface area (Å²) >= 11 is 1.27. The fourth-order valence-electron chi connectivity index (χ4n) is 1.12. The minimum Gasteiger partial charge on any atom is -0.258 e. The maximum absolute atomic E-state index is 10.8. The second-order valence-corrected chi connectivity index (χ2v) is 4.11. The van der Waals surface area contributed by atoms with E-state index in [2.05, 4.69) is 0 Å². The first-order chi connectivity index (χ1) is 8.06. The molecule has 0 atom stereocenters. The molecule has 0 amide bonds. The van der Waals surface area contributed by atoms with Crippen LogP contribution in [-0.4, -0.2) is 15.6 Å². The van der Waals surface area contributed by atoms with Gasteiger partial charge in [0.2, 0.25) is 0 Å². The lowest BCUT2D eigenvalue weighted by molar-refractivity contribution is -0.396. The van der Waals surface area contributed by atoms with Crippen LogP contribution in [0.5, 0.6) is 0 Å². The van der Waals surface area contributed by atoms with Gasteiger partial charge >= 0.3 is 0 Å². The number of allylic oxidation sites excluding steroid dienone is 1. The first-order valence-electron chi connectivity index (χ1n) is 4.73. The van der Waals surface area contributed by atoms with Crippen molar-refractivity contribution < 1.29 is 9.85 Å². The smallest absolute Gasteiger partial charge is 0.258 e. The van der Waals surface area contributed by atoms with Crippen LogP contribution in [0.25, 0.3) is 0 Å². The third kappa shape index (κ3) is 3.56. The van der Waals surface area contributed by atoms with Crippen molar-refractivity contribution in [1.82, 2.24) is 0 Å². The third-order valence-corrected chi connectivity index (χ3v) is 2.94. The number of hydrogen-bond acceptors (Lipinski definition) is 5. The molecule has 0 saturated heterocycles. The quantitative estimate of drug-likeness (QED) is 0.348. The van der Waals surface area contributed by atoms with Gasteiger partial charge in [0.15, 0.2) is 0 Å². The molecular weight excluding hydrogens is 244 g/mol. The van der Waals surface area contributed by atoms with E-state index >= 15 is 0 Å². The summed E-state index contributed by atoms with van der Waals surface area (Å²) in [5.41, 5.74) is -0.499. The Morgan fingerprint density at radius 1 is 1.29 bits per heavy atom. The SMILES string of the molecule is C/C=C/CSc1ccc([N+](=O)[O-])cc1[N+](=O)[O-]. The van der Waals surface area contributed by atoms with E-state index in [0.717, 1.165) is 6.07 Å². The highest BCUT2D eigenvalue weighted by atomic mass is 32.2. The molecule has 0 fully saturated rings. The average Bonchev–Trinajstić information content (AvgIpc) is 2.29. The van der Waals surface area contributed by atoms with E-state index in [1.165, 1.54) is 23.9 Å². The zero-order chi connectivity index (χ0) is 12.8. The topological polar surface area (TPSA) is 86.3 Å². The van der Waals surface area contributed by atoms with Gasteiger partial charge in [-0.05, 0) is 13.0 Å². The minimum absolute atomic E-state index is 0.228. The lowest BCUT2D eigenvalue weighted by Gasteiger charge is -2.00. The van der Waals surface area contributed by atoms with Crippen molar-refractivity contribution >= 4 is 23.1 Å². The predicted molar refractivity (Wildman–Crippen MR) is 65.3 cm³/mol. The highest BCUT2D eigenvalue weighted by Crippen LogP contribution is 2.32. The van der Waals surface area contributed by atoms with Crippen molar-refractivity contribution in [1.29, 1.82) is 0 Å². The van der Waals surface area contributed by atoms with Gasteiger partial charge in [-0.1, -0.05) is 12.2 Å². The average molecular weight is 254 g/mol. The van der Waals surface area contributed by atoms with E-state index < -0.39 is 9.85 Å². The molecule has 1 rings (SSSR count). The summed E-state index contributed by atoms with van der Waals surface area (Å²) in [6.07, 6.45) is 3.69. The zero-order valence-corrected chi connectivity index (χ0v) is 9.85. The summed E-state index contributed by atoms with van der Waals surface area (Å²) in [5.74, 6) is 0.592. The first kappa shape index (κ1) is 13.2. The van der Waals surface area contributed by atoms with Gasteiger partial charge in [-0.2, -0.15) is 0 Å². The molecule has 0 aliphatic carbocycles. The molecular formula is C10H10N2O4S. The van der Waals surface area contributed by atoms with Gasteiger partial charge in [-0.25, -0.2) is 0 Å². The van der Waals surface area contributed by atoms with Crippen molar-refractivity contribution in [3.8, 4) is 0 Å². The number of hydrogen-bond donors (Lipinski definition) is 0. The van der Waals surface area contributed by atoms with Crippen molar-refractivity contribution in [2.75, 3.05) is 5.75 Å². The van der Waals surface area contributed by atoms with Crippen LogP contribution in [0.2, 0.25) is 0 Å². The van der Waals surface area contributed by atoms with E-state index in [0.29, 0.717) is 10.6 Å². The number of thioether (sulfide) groups is 1. The van der Waals surface area contributed by atoms with Gasteiger partial charge in [0.1, 0.15) is 0 Å². The van der Waals surface area contributed by atoms with Crippen LogP contribution in [0, 0.1) is 20.2 Å². The maximum atomic E-state index is 10.8. The highest BCUT2D eigenvalue weighted by molar-refractivity contribution is 7.99. The summed E-state index contributed by atoms with van der Waals surface area (Å²) in [4.78, 5) is 20.5. The van der Waals surface area contributed by atoms with Gasteiger partial charge in [0.05, 0.1) is 20.8 Å². The molecule has 0 bridgehead atoms. The number of nitro groups is 2. The van der Waals surface area contributed by atoms with Crippen molar-refractivity contribution in [2.24, 2.45) is 0 Å². The Hall–Kier alpha value is -1.89. The predicted octanol–water partition coefficient (Wildman–Crippen LogP) is 3.17. The number of non-ortho nitro benzene ring substituents is 1. The van der Waals surface area contributed by atoms with Crippen LogP contribution in [0.15, 0.2) is 35.2 Å². The molecule has 0 spiro atoms. The van der Waals surface area contributed by atoms with E-state index in [1.807, 2.05) is 19.1 Å². The molecule has 0 aromatic heterocycles.